The van der Waals surface area contributed by atoms with Gasteiger partial charge < -0.3 is 9.84 Å². The molecule has 0 radical (unpaired) electrons. The number of carbonyl (C=O) groups is 1. The standard InChI is InChI=1S/C13H17FO3S/c1-13(2,12(15)16)18-9-3-8-17-11-6-4-10(14)5-7-11/h4-7H,3,8-9H2,1-2H3,(H,15,16). The van der Waals surface area contributed by atoms with Crippen molar-refractivity contribution < 1.29 is 19.0 Å². The highest BCUT2D eigenvalue weighted by Gasteiger charge is 2.26. The minimum Gasteiger partial charge on any atom is -0.494 e. The van der Waals surface area contributed by atoms with E-state index in [9.17, 15) is 9.18 Å². The quantitative estimate of drug-likeness (QED) is 0.774. The van der Waals surface area contributed by atoms with Gasteiger partial charge in [0.05, 0.1) is 6.61 Å². The summed E-state index contributed by atoms with van der Waals surface area (Å²) in [6.07, 6.45) is 0.749. The van der Waals surface area contributed by atoms with Crippen molar-refractivity contribution in [2.24, 2.45) is 0 Å². The number of aliphatic carboxylic acids is 1. The fraction of sp³-hybridized carbons (Fsp3) is 0.462. The SMILES string of the molecule is CC(C)(SCCCOc1ccc(F)cc1)C(=O)O. The van der Waals surface area contributed by atoms with E-state index in [2.05, 4.69) is 0 Å². The topological polar surface area (TPSA) is 46.5 Å². The van der Waals surface area contributed by atoms with Gasteiger partial charge in [0.2, 0.25) is 0 Å². The Morgan fingerprint density at radius 1 is 1.39 bits per heavy atom. The summed E-state index contributed by atoms with van der Waals surface area (Å²) in [5.74, 6) is 0.229. The molecule has 0 atom stereocenters. The lowest BCUT2D eigenvalue weighted by molar-refractivity contribution is -0.138. The zero-order valence-corrected chi connectivity index (χ0v) is 11.3. The van der Waals surface area contributed by atoms with Crippen LogP contribution < -0.4 is 4.74 Å². The van der Waals surface area contributed by atoms with Gasteiger partial charge in [0.25, 0.3) is 0 Å². The molecule has 0 saturated carbocycles. The molecule has 18 heavy (non-hydrogen) atoms. The van der Waals surface area contributed by atoms with Crippen LogP contribution >= 0.6 is 11.8 Å². The third-order valence-electron chi connectivity index (χ3n) is 2.35. The van der Waals surface area contributed by atoms with Gasteiger partial charge in [-0.25, -0.2) is 4.39 Å². The molecule has 0 unspecified atom stereocenters. The van der Waals surface area contributed by atoms with E-state index < -0.39 is 10.7 Å². The number of thioether (sulfide) groups is 1. The summed E-state index contributed by atoms with van der Waals surface area (Å²) >= 11 is 1.38. The Labute approximate surface area is 110 Å². The zero-order chi connectivity index (χ0) is 13.6. The highest BCUT2D eigenvalue weighted by molar-refractivity contribution is 8.01. The molecular formula is C13H17FO3S. The first-order valence-corrected chi connectivity index (χ1v) is 6.66. The lowest BCUT2D eigenvalue weighted by atomic mass is 10.2. The highest BCUT2D eigenvalue weighted by atomic mass is 32.2. The van der Waals surface area contributed by atoms with E-state index in [4.69, 9.17) is 9.84 Å². The Bertz CT molecular complexity index is 390. The molecule has 3 nitrogen and oxygen atoms in total. The Morgan fingerprint density at radius 3 is 2.56 bits per heavy atom. The Morgan fingerprint density at radius 2 is 2.00 bits per heavy atom. The van der Waals surface area contributed by atoms with Gasteiger partial charge in [-0.15, -0.1) is 11.8 Å². The van der Waals surface area contributed by atoms with Crippen molar-refractivity contribution in [3.8, 4) is 5.75 Å². The van der Waals surface area contributed by atoms with Gasteiger partial charge >= 0.3 is 5.97 Å². The van der Waals surface area contributed by atoms with Crippen LogP contribution in [0.5, 0.6) is 5.75 Å². The number of carboxylic acid groups (broad SMARTS) is 1. The van der Waals surface area contributed by atoms with Gasteiger partial charge in [-0.05, 0) is 50.3 Å². The van der Waals surface area contributed by atoms with Crippen LogP contribution in [0.2, 0.25) is 0 Å². The molecule has 100 valence electrons. The fourth-order valence-corrected chi connectivity index (χ4v) is 2.06. The molecule has 5 heteroatoms. The summed E-state index contributed by atoms with van der Waals surface area (Å²) in [5.41, 5.74) is 0. The zero-order valence-electron chi connectivity index (χ0n) is 10.5. The predicted molar refractivity (Wildman–Crippen MR) is 70.7 cm³/mol. The van der Waals surface area contributed by atoms with Gasteiger partial charge in [-0.3, -0.25) is 4.79 Å². The number of ether oxygens (including phenoxy) is 1. The number of hydrogen-bond acceptors (Lipinski definition) is 3. The van der Waals surface area contributed by atoms with E-state index in [-0.39, 0.29) is 5.82 Å². The van der Waals surface area contributed by atoms with Crippen molar-refractivity contribution in [3.63, 3.8) is 0 Å². The summed E-state index contributed by atoms with van der Waals surface area (Å²) in [7, 11) is 0. The van der Waals surface area contributed by atoms with Gasteiger partial charge in [0.15, 0.2) is 0 Å². The molecule has 0 heterocycles. The third-order valence-corrected chi connectivity index (χ3v) is 3.74. The minimum atomic E-state index is -0.813. The smallest absolute Gasteiger partial charge is 0.319 e. The van der Waals surface area contributed by atoms with Gasteiger partial charge in [-0.2, -0.15) is 0 Å². The Hall–Kier alpha value is -1.23. The van der Waals surface area contributed by atoms with Crippen molar-refractivity contribution in [2.45, 2.75) is 25.0 Å². The second-order valence-electron chi connectivity index (χ2n) is 4.32. The molecular weight excluding hydrogens is 255 g/mol. The number of halogens is 1. The minimum absolute atomic E-state index is 0.291. The van der Waals surface area contributed by atoms with E-state index >= 15 is 0 Å². The second-order valence-corrected chi connectivity index (χ2v) is 6.04. The lowest BCUT2D eigenvalue weighted by Gasteiger charge is -2.18. The van der Waals surface area contributed by atoms with Crippen molar-refractivity contribution in [1.29, 1.82) is 0 Å². The van der Waals surface area contributed by atoms with Gasteiger partial charge in [0.1, 0.15) is 16.3 Å². The normalized spacial score (nSPS) is 11.3. The molecule has 0 aliphatic rings. The molecule has 0 fully saturated rings. The molecule has 0 aliphatic heterocycles. The monoisotopic (exact) mass is 272 g/mol. The molecule has 0 bridgehead atoms. The van der Waals surface area contributed by atoms with Crippen LogP contribution in [-0.4, -0.2) is 28.2 Å². The van der Waals surface area contributed by atoms with Crippen LogP contribution in [0.15, 0.2) is 24.3 Å². The van der Waals surface area contributed by atoms with E-state index in [1.165, 1.54) is 23.9 Å². The maximum absolute atomic E-state index is 12.6. The maximum Gasteiger partial charge on any atom is 0.319 e. The van der Waals surface area contributed by atoms with Gasteiger partial charge in [-0.1, -0.05) is 0 Å². The van der Waals surface area contributed by atoms with Crippen molar-refractivity contribution in [2.75, 3.05) is 12.4 Å². The van der Waals surface area contributed by atoms with Gasteiger partial charge in [0, 0.05) is 0 Å². The van der Waals surface area contributed by atoms with Crippen LogP contribution in [-0.2, 0) is 4.79 Å². The van der Waals surface area contributed by atoms with E-state index in [0.717, 1.165) is 6.42 Å². The van der Waals surface area contributed by atoms with Crippen LogP contribution in [0.25, 0.3) is 0 Å². The van der Waals surface area contributed by atoms with Crippen molar-refractivity contribution in [3.05, 3.63) is 30.1 Å². The second kappa shape index (κ2) is 6.64. The third kappa shape index (κ3) is 4.96. The first kappa shape index (κ1) is 14.8. The van der Waals surface area contributed by atoms with Crippen LogP contribution in [0.3, 0.4) is 0 Å². The van der Waals surface area contributed by atoms with Crippen molar-refractivity contribution in [1.82, 2.24) is 0 Å². The lowest BCUT2D eigenvalue weighted by Crippen LogP contribution is -2.27. The summed E-state index contributed by atoms with van der Waals surface area (Å²) in [5, 5.41) is 8.91. The maximum atomic E-state index is 12.6. The summed E-state index contributed by atoms with van der Waals surface area (Å²) < 4.78 is 17.3. The molecule has 1 aromatic rings. The fourth-order valence-electron chi connectivity index (χ4n) is 1.17. The Kier molecular flexibility index (Phi) is 5.47. The Balaban J connectivity index is 2.20. The van der Waals surface area contributed by atoms with Crippen LogP contribution in [0, 0.1) is 5.82 Å². The number of rotatable bonds is 7. The summed E-state index contributed by atoms with van der Waals surface area (Å²) in [4.78, 5) is 10.9. The molecule has 1 N–H and O–H groups in total. The first-order valence-electron chi connectivity index (χ1n) is 5.67. The number of hydrogen-bond donors (Lipinski definition) is 1. The average molecular weight is 272 g/mol. The molecule has 0 saturated heterocycles. The largest absolute Gasteiger partial charge is 0.494 e. The van der Waals surface area contributed by atoms with Crippen LogP contribution in [0.1, 0.15) is 20.3 Å². The molecule has 1 rings (SSSR count). The highest BCUT2D eigenvalue weighted by Crippen LogP contribution is 2.25. The van der Waals surface area contributed by atoms with Crippen LogP contribution in [0.4, 0.5) is 4.39 Å². The summed E-state index contributed by atoms with van der Waals surface area (Å²) in [6.45, 7) is 3.86. The summed E-state index contributed by atoms with van der Waals surface area (Å²) in [6, 6.07) is 5.84. The molecule has 0 spiro atoms. The van der Waals surface area contributed by atoms with E-state index in [1.54, 1.807) is 26.0 Å². The molecule has 0 amide bonds. The van der Waals surface area contributed by atoms with E-state index in [0.29, 0.717) is 18.1 Å². The molecule has 1 aromatic carbocycles. The predicted octanol–water partition coefficient (Wildman–Crippen LogP) is 3.19. The number of carboxylic acids is 1. The first-order chi connectivity index (χ1) is 8.42. The molecule has 0 aromatic heterocycles. The van der Waals surface area contributed by atoms with Crippen molar-refractivity contribution >= 4 is 17.7 Å². The average Bonchev–Trinajstić information content (AvgIpc) is 2.31. The number of benzene rings is 1. The molecule has 0 aliphatic carbocycles. The van der Waals surface area contributed by atoms with E-state index in [1.807, 2.05) is 0 Å².